The molecule has 2 heterocycles. The SMILES string of the molecule is CC(Cc1ccc(CNC(=O)Cc2ccc(N(C)C(=O)CCN3CCC(OC(=O)Nc4ccccc4-c4ccccc4)CC3)cc2)cc1)C[C@H](O)c1ccc(O)c2[nH]c(=O)ccc12. The van der Waals surface area contributed by atoms with E-state index in [0.29, 0.717) is 60.9 Å². The highest BCUT2D eigenvalue weighted by Gasteiger charge is 2.24. The van der Waals surface area contributed by atoms with Crippen molar-refractivity contribution in [3.8, 4) is 16.9 Å². The van der Waals surface area contributed by atoms with Crippen LogP contribution >= 0.6 is 0 Å². The van der Waals surface area contributed by atoms with E-state index in [1.807, 2.05) is 103 Å². The number of aliphatic hydroxyl groups is 1. The number of piperidine rings is 1. The molecule has 5 aromatic carbocycles. The highest BCUT2D eigenvalue weighted by Crippen LogP contribution is 2.33. The number of likely N-dealkylation sites (tertiary alicyclic amines) is 1. The van der Waals surface area contributed by atoms with Gasteiger partial charge in [-0.3, -0.25) is 19.7 Å². The lowest BCUT2D eigenvalue weighted by Crippen LogP contribution is -2.40. The Morgan fingerprint density at radius 2 is 1.52 bits per heavy atom. The third-order valence-electron chi connectivity index (χ3n) is 11.7. The number of nitrogens with one attached hydrogen (secondary N) is 3. The van der Waals surface area contributed by atoms with Gasteiger partial charge in [-0.25, -0.2) is 4.79 Å². The monoisotopic (exact) mass is 849 g/mol. The fourth-order valence-electron chi connectivity index (χ4n) is 8.19. The van der Waals surface area contributed by atoms with E-state index < -0.39 is 12.2 Å². The largest absolute Gasteiger partial charge is 0.506 e. The first-order valence-electron chi connectivity index (χ1n) is 21.6. The molecule has 1 aromatic heterocycles. The minimum Gasteiger partial charge on any atom is -0.506 e. The van der Waals surface area contributed by atoms with Crippen molar-refractivity contribution in [3.63, 3.8) is 0 Å². The zero-order chi connectivity index (χ0) is 44.3. The van der Waals surface area contributed by atoms with E-state index in [1.165, 1.54) is 12.1 Å². The number of aromatic hydroxyl groups is 1. The molecule has 0 saturated carbocycles. The van der Waals surface area contributed by atoms with E-state index in [9.17, 15) is 29.4 Å². The van der Waals surface area contributed by atoms with E-state index in [2.05, 4.69) is 27.4 Å². The second-order valence-electron chi connectivity index (χ2n) is 16.5. The number of pyridine rings is 1. The molecule has 2 atom stereocenters. The first-order valence-corrected chi connectivity index (χ1v) is 21.6. The molecule has 1 fully saturated rings. The van der Waals surface area contributed by atoms with E-state index in [1.54, 1.807) is 24.1 Å². The van der Waals surface area contributed by atoms with E-state index >= 15 is 0 Å². The highest BCUT2D eigenvalue weighted by molar-refractivity contribution is 5.93. The lowest BCUT2D eigenvalue weighted by Gasteiger charge is -2.31. The van der Waals surface area contributed by atoms with Gasteiger partial charge in [0.2, 0.25) is 17.4 Å². The summed E-state index contributed by atoms with van der Waals surface area (Å²) >= 11 is 0. The van der Waals surface area contributed by atoms with Crippen LogP contribution in [0.25, 0.3) is 22.0 Å². The van der Waals surface area contributed by atoms with Crippen LogP contribution in [0.3, 0.4) is 0 Å². The Bertz CT molecular complexity index is 2550. The molecule has 326 valence electrons. The molecule has 1 saturated heterocycles. The maximum absolute atomic E-state index is 13.1. The molecule has 3 amide bonds. The second-order valence-corrected chi connectivity index (χ2v) is 16.5. The molecule has 5 N–H and O–H groups in total. The normalized spacial score (nSPS) is 14.1. The molecule has 0 aliphatic carbocycles. The Kier molecular flexibility index (Phi) is 14.7. The molecular weight excluding hydrogens is 795 g/mol. The molecule has 7 rings (SSSR count). The number of aromatic nitrogens is 1. The van der Waals surface area contributed by atoms with Crippen LogP contribution in [0, 0.1) is 5.92 Å². The van der Waals surface area contributed by atoms with Crippen LogP contribution in [-0.4, -0.2) is 70.8 Å². The van der Waals surface area contributed by atoms with Gasteiger partial charge in [0.15, 0.2) is 0 Å². The molecule has 12 heteroatoms. The second kappa shape index (κ2) is 20.9. The van der Waals surface area contributed by atoms with E-state index in [-0.39, 0.29) is 41.6 Å². The predicted molar refractivity (Wildman–Crippen MR) is 247 cm³/mol. The molecule has 1 unspecified atom stereocenters. The summed E-state index contributed by atoms with van der Waals surface area (Å²) < 4.78 is 5.78. The number of anilines is 2. The van der Waals surface area contributed by atoms with Crippen LogP contribution in [0.2, 0.25) is 0 Å². The van der Waals surface area contributed by atoms with Gasteiger partial charge in [0.1, 0.15) is 11.9 Å². The van der Waals surface area contributed by atoms with Gasteiger partial charge in [0.25, 0.3) is 0 Å². The van der Waals surface area contributed by atoms with E-state index in [0.717, 1.165) is 53.0 Å². The quantitative estimate of drug-likeness (QED) is 0.0652. The van der Waals surface area contributed by atoms with Gasteiger partial charge < -0.3 is 35.1 Å². The summed E-state index contributed by atoms with van der Waals surface area (Å²) in [5.74, 6) is 0.00471. The Balaban J connectivity index is 0.786. The summed E-state index contributed by atoms with van der Waals surface area (Å²) in [6.45, 7) is 4.55. The number of ether oxygens (including phenoxy) is 1. The van der Waals surface area contributed by atoms with Crippen molar-refractivity contribution in [1.29, 1.82) is 0 Å². The van der Waals surface area contributed by atoms with E-state index in [4.69, 9.17) is 4.74 Å². The van der Waals surface area contributed by atoms with Crippen LogP contribution in [0.4, 0.5) is 16.2 Å². The number of carbonyl (C=O) groups is 3. The van der Waals surface area contributed by atoms with Crippen molar-refractivity contribution in [3.05, 3.63) is 160 Å². The van der Waals surface area contributed by atoms with Crippen molar-refractivity contribution in [1.82, 2.24) is 15.2 Å². The fourth-order valence-corrected chi connectivity index (χ4v) is 8.19. The summed E-state index contributed by atoms with van der Waals surface area (Å²) in [4.78, 5) is 57.1. The Labute approximate surface area is 367 Å². The lowest BCUT2D eigenvalue weighted by molar-refractivity contribution is -0.120. The van der Waals surface area contributed by atoms with Gasteiger partial charge in [0.05, 0.1) is 23.7 Å². The maximum Gasteiger partial charge on any atom is 0.411 e. The molecule has 63 heavy (non-hydrogen) atoms. The maximum atomic E-state index is 13.1. The van der Waals surface area contributed by atoms with Gasteiger partial charge in [-0.05, 0) is 89.8 Å². The number of rotatable bonds is 16. The van der Waals surface area contributed by atoms with Gasteiger partial charge in [0, 0.05) is 62.4 Å². The molecule has 0 spiro atoms. The zero-order valence-corrected chi connectivity index (χ0v) is 35.8. The van der Waals surface area contributed by atoms with Gasteiger partial charge in [-0.2, -0.15) is 0 Å². The minimum absolute atomic E-state index is 0.00392. The molecule has 1 aliphatic rings. The van der Waals surface area contributed by atoms with Crippen molar-refractivity contribution in [2.75, 3.05) is 36.9 Å². The van der Waals surface area contributed by atoms with Crippen molar-refractivity contribution in [2.24, 2.45) is 5.92 Å². The van der Waals surface area contributed by atoms with Crippen molar-refractivity contribution < 1.29 is 29.3 Å². The molecule has 12 nitrogen and oxygen atoms in total. The minimum atomic E-state index is -0.768. The zero-order valence-electron chi connectivity index (χ0n) is 35.8. The van der Waals surface area contributed by atoms with Gasteiger partial charge >= 0.3 is 6.09 Å². The Hall–Kier alpha value is -6.76. The van der Waals surface area contributed by atoms with Crippen LogP contribution in [0.5, 0.6) is 5.75 Å². The number of benzene rings is 5. The number of H-pyrrole nitrogens is 1. The first-order chi connectivity index (χ1) is 30.5. The van der Waals surface area contributed by atoms with Crippen LogP contribution < -0.4 is 21.1 Å². The number of carbonyl (C=O) groups excluding carboxylic acids is 3. The molecule has 0 radical (unpaired) electrons. The number of phenols is 1. The van der Waals surface area contributed by atoms with Crippen LogP contribution in [-0.2, 0) is 33.7 Å². The fraction of sp³-hybridized carbons (Fsp3) is 0.294. The third kappa shape index (κ3) is 12.0. The van der Waals surface area contributed by atoms with Crippen LogP contribution in [0.1, 0.15) is 61.0 Å². The summed E-state index contributed by atoms with van der Waals surface area (Å²) in [6.07, 6.45) is 1.78. The number of phenolic OH excluding ortho intramolecular Hbond substituents is 1. The number of hydrogen-bond acceptors (Lipinski definition) is 8. The molecule has 6 aromatic rings. The highest BCUT2D eigenvalue weighted by atomic mass is 16.6. The number of nitrogens with zero attached hydrogens (tertiary/aromatic N) is 2. The molecular formula is C51H55N5O7. The van der Waals surface area contributed by atoms with Crippen LogP contribution in [0.15, 0.2) is 132 Å². The lowest BCUT2D eigenvalue weighted by atomic mass is 9.91. The third-order valence-corrected chi connectivity index (χ3v) is 11.7. The summed E-state index contributed by atoms with van der Waals surface area (Å²) in [5.41, 5.74) is 6.99. The Morgan fingerprint density at radius 3 is 2.27 bits per heavy atom. The molecule has 0 bridgehead atoms. The van der Waals surface area contributed by atoms with Gasteiger partial charge in [-0.1, -0.05) is 97.9 Å². The summed E-state index contributed by atoms with van der Waals surface area (Å²) in [7, 11) is 1.76. The number of aliphatic hydroxyl groups excluding tert-OH is 1. The van der Waals surface area contributed by atoms with Crippen molar-refractivity contribution in [2.45, 2.75) is 64.2 Å². The summed E-state index contributed by atoms with van der Waals surface area (Å²) in [6, 6.07) is 39.3. The van der Waals surface area contributed by atoms with Crippen molar-refractivity contribution >= 4 is 40.2 Å². The number of para-hydroxylation sites is 1. The topological polar surface area (TPSA) is 164 Å². The smallest absolute Gasteiger partial charge is 0.411 e. The summed E-state index contributed by atoms with van der Waals surface area (Å²) in [5, 5.41) is 27.8. The predicted octanol–water partition coefficient (Wildman–Crippen LogP) is 8.13. The standard InChI is InChI=1S/C51H55N5O7/c1-34(31-46(58)42-20-22-45(57)50-43(42)21-23-47(59)54-50)30-35-12-14-37(15-13-35)33-52-48(60)32-36-16-18-39(19-17-36)55(2)49(61)26-29-56-27-24-40(25-28-56)63-51(62)53-44-11-7-6-10-41(44)38-8-4-3-5-9-38/h3-23,34,40,46,57-58H,24-33H2,1-2H3,(H,52,60)(H,53,62)(H,54,59)/t34?,46-/m0/s1. The number of aromatic amines is 1. The number of hydrogen-bond donors (Lipinski definition) is 5. The first kappa shape index (κ1) is 44.3. The Morgan fingerprint density at radius 1 is 0.841 bits per heavy atom. The van der Waals surface area contributed by atoms with Gasteiger partial charge in [-0.15, -0.1) is 0 Å². The number of amides is 3. The molecule has 1 aliphatic heterocycles. The average molecular weight is 850 g/mol. The average Bonchev–Trinajstić information content (AvgIpc) is 3.29. The number of fused-ring (bicyclic) bond motifs is 1.